The largest absolute Gasteiger partial charge is 0.271 e. The quantitative estimate of drug-likeness (QED) is 0.465. The number of aryl methyl sites for hydroxylation is 1. The maximum absolute atomic E-state index is 13.2. The van der Waals surface area contributed by atoms with E-state index in [1.807, 2.05) is 6.92 Å². The van der Waals surface area contributed by atoms with Crippen LogP contribution in [-0.2, 0) is 14.8 Å². The standard InChI is InChI=1S/C22H20FN3O3S/c1-17-7-13-20(14-8-17)26(30(28,29)21-5-3-2-4-6-21)16-22(27)25-24-15-18-9-11-19(23)12-10-18/h2-15H,16H2,1H3,(H,25,27)/b24-15+. The van der Waals surface area contributed by atoms with Crippen molar-refractivity contribution in [1.82, 2.24) is 5.43 Å². The molecular weight excluding hydrogens is 405 g/mol. The summed E-state index contributed by atoms with van der Waals surface area (Å²) in [5.41, 5.74) is 4.22. The van der Waals surface area contributed by atoms with Crippen LogP contribution >= 0.6 is 0 Å². The number of carbonyl (C=O) groups excluding carboxylic acids is 1. The van der Waals surface area contributed by atoms with Crippen molar-refractivity contribution in [3.05, 3.63) is 95.8 Å². The van der Waals surface area contributed by atoms with Gasteiger partial charge in [-0.1, -0.05) is 48.0 Å². The van der Waals surface area contributed by atoms with Crippen LogP contribution in [0, 0.1) is 12.7 Å². The lowest BCUT2D eigenvalue weighted by molar-refractivity contribution is -0.119. The molecule has 0 bridgehead atoms. The Bertz CT molecular complexity index is 1130. The molecule has 3 aromatic carbocycles. The van der Waals surface area contributed by atoms with Gasteiger partial charge in [0, 0.05) is 0 Å². The van der Waals surface area contributed by atoms with E-state index in [1.54, 1.807) is 42.5 Å². The lowest BCUT2D eigenvalue weighted by atomic mass is 10.2. The highest BCUT2D eigenvalue weighted by atomic mass is 32.2. The average molecular weight is 425 g/mol. The fourth-order valence-corrected chi connectivity index (χ4v) is 4.08. The number of benzene rings is 3. The van der Waals surface area contributed by atoms with Gasteiger partial charge in [0.1, 0.15) is 12.4 Å². The van der Waals surface area contributed by atoms with E-state index >= 15 is 0 Å². The molecule has 8 heteroatoms. The van der Waals surface area contributed by atoms with Crippen LogP contribution in [-0.4, -0.2) is 27.1 Å². The average Bonchev–Trinajstić information content (AvgIpc) is 2.75. The highest BCUT2D eigenvalue weighted by Gasteiger charge is 2.26. The molecule has 6 nitrogen and oxygen atoms in total. The molecule has 0 spiro atoms. The van der Waals surface area contributed by atoms with Crippen molar-refractivity contribution in [2.24, 2.45) is 5.10 Å². The molecule has 0 atom stereocenters. The Hall–Kier alpha value is -3.52. The summed E-state index contributed by atoms with van der Waals surface area (Å²) in [7, 11) is -3.97. The second-order valence-corrected chi connectivity index (χ2v) is 8.37. The Morgan fingerprint density at radius 2 is 1.63 bits per heavy atom. The van der Waals surface area contributed by atoms with Crippen molar-refractivity contribution in [2.75, 3.05) is 10.8 Å². The van der Waals surface area contributed by atoms with Crippen molar-refractivity contribution in [1.29, 1.82) is 0 Å². The molecule has 0 fully saturated rings. The van der Waals surface area contributed by atoms with Gasteiger partial charge in [0.25, 0.3) is 15.9 Å². The number of nitrogens with zero attached hydrogens (tertiary/aromatic N) is 2. The molecule has 0 aliphatic heterocycles. The minimum absolute atomic E-state index is 0.0770. The number of carbonyl (C=O) groups is 1. The number of halogens is 1. The van der Waals surface area contributed by atoms with Gasteiger partial charge < -0.3 is 0 Å². The molecule has 0 heterocycles. The van der Waals surface area contributed by atoms with Crippen LogP contribution < -0.4 is 9.73 Å². The van der Waals surface area contributed by atoms with E-state index in [0.717, 1.165) is 9.87 Å². The van der Waals surface area contributed by atoms with E-state index in [4.69, 9.17) is 0 Å². The van der Waals surface area contributed by atoms with Crippen LogP contribution in [0.1, 0.15) is 11.1 Å². The lowest BCUT2D eigenvalue weighted by Gasteiger charge is -2.23. The third kappa shape index (κ3) is 5.30. The molecule has 0 aliphatic carbocycles. The zero-order valence-electron chi connectivity index (χ0n) is 16.2. The summed E-state index contributed by atoms with van der Waals surface area (Å²) in [5, 5.41) is 3.82. The number of hydrogen-bond acceptors (Lipinski definition) is 4. The third-order valence-electron chi connectivity index (χ3n) is 4.21. The molecule has 0 aliphatic rings. The number of hydrogen-bond donors (Lipinski definition) is 1. The van der Waals surface area contributed by atoms with Gasteiger partial charge in [-0.25, -0.2) is 18.2 Å². The number of amides is 1. The molecular formula is C22H20FN3O3S. The van der Waals surface area contributed by atoms with E-state index in [0.29, 0.717) is 11.3 Å². The Morgan fingerprint density at radius 1 is 1.00 bits per heavy atom. The maximum Gasteiger partial charge on any atom is 0.264 e. The van der Waals surface area contributed by atoms with Crippen molar-refractivity contribution in [3.63, 3.8) is 0 Å². The van der Waals surface area contributed by atoms with Crippen LogP contribution in [0.5, 0.6) is 0 Å². The first-order valence-corrected chi connectivity index (χ1v) is 10.5. The van der Waals surface area contributed by atoms with Crippen LogP contribution in [0.25, 0.3) is 0 Å². The predicted molar refractivity (Wildman–Crippen MR) is 114 cm³/mol. The number of anilines is 1. The summed E-state index contributed by atoms with van der Waals surface area (Å²) in [6, 6.07) is 20.3. The van der Waals surface area contributed by atoms with Crippen LogP contribution in [0.4, 0.5) is 10.1 Å². The second kappa shape index (κ2) is 9.32. The molecule has 3 aromatic rings. The fraction of sp³-hybridized carbons (Fsp3) is 0.0909. The van der Waals surface area contributed by atoms with E-state index < -0.39 is 22.5 Å². The number of hydrazone groups is 1. The van der Waals surface area contributed by atoms with E-state index in [2.05, 4.69) is 10.5 Å². The Morgan fingerprint density at radius 3 is 2.27 bits per heavy atom. The summed E-state index contributed by atoms with van der Waals surface area (Å²) in [6.45, 7) is 1.43. The van der Waals surface area contributed by atoms with Crippen molar-refractivity contribution >= 4 is 27.8 Å². The molecule has 0 aromatic heterocycles. The van der Waals surface area contributed by atoms with E-state index in [1.165, 1.54) is 42.6 Å². The van der Waals surface area contributed by atoms with E-state index in [-0.39, 0.29) is 10.7 Å². The molecule has 30 heavy (non-hydrogen) atoms. The van der Waals surface area contributed by atoms with Gasteiger partial charge in [-0.15, -0.1) is 0 Å². The fourth-order valence-electron chi connectivity index (χ4n) is 2.64. The van der Waals surface area contributed by atoms with Crippen molar-refractivity contribution in [2.45, 2.75) is 11.8 Å². The summed E-state index contributed by atoms with van der Waals surface area (Å²) in [4.78, 5) is 12.5. The summed E-state index contributed by atoms with van der Waals surface area (Å²) < 4.78 is 40.3. The van der Waals surface area contributed by atoms with Gasteiger partial charge >= 0.3 is 0 Å². The first kappa shape index (κ1) is 21.2. The molecule has 0 unspecified atom stereocenters. The summed E-state index contributed by atoms with van der Waals surface area (Å²) in [6.07, 6.45) is 1.35. The Balaban J connectivity index is 1.81. The van der Waals surface area contributed by atoms with Crippen molar-refractivity contribution in [3.8, 4) is 0 Å². The normalized spacial score (nSPS) is 11.4. The lowest BCUT2D eigenvalue weighted by Crippen LogP contribution is -2.39. The van der Waals surface area contributed by atoms with E-state index in [9.17, 15) is 17.6 Å². The minimum atomic E-state index is -3.97. The second-order valence-electron chi connectivity index (χ2n) is 6.51. The SMILES string of the molecule is Cc1ccc(N(CC(=O)N/N=C/c2ccc(F)cc2)S(=O)(=O)c2ccccc2)cc1. The predicted octanol–water partition coefficient (Wildman–Crippen LogP) is 3.48. The van der Waals surface area contributed by atoms with Crippen LogP contribution in [0.3, 0.4) is 0 Å². The smallest absolute Gasteiger partial charge is 0.264 e. The highest BCUT2D eigenvalue weighted by Crippen LogP contribution is 2.23. The number of rotatable bonds is 7. The summed E-state index contributed by atoms with van der Waals surface area (Å²) >= 11 is 0. The van der Waals surface area contributed by atoms with Gasteiger partial charge in [-0.3, -0.25) is 9.10 Å². The molecule has 1 amide bonds. The van der Waals surface area contributed by atoms with Gasteiger partial charge in [0.15, 0.2) is 0 Å². The first-order valence-electron chi connectivity index (χ1n) is 9.08. The summed E-state index contributed by atoms with van der Waals surface area (Å²) in [5.74, 6) is -0.996. The van der Waals surface area contributed by atoms with Gasteiger partial charge in [0.05, 0.1) is 16.8 Å². The third-order valence-corrected chi connectivity index (χ3v) is 6.00. The minimum Gasteiger partial charge on any atom is -0.271 e. The monoisotopic (exact) mass is 425 g/mol. The zero-order valence-corrected chi connectivity index (χ0v) is 17.0. The molecule has 1 N–H and O–H groups in total. The number of nitrogens with one attached hydrogen (secondary N) is 1. The molecule has 3 rings (SSSR count). The van der Waals surface area contributed by atoms with Gasteiger partial charge in [-0.2, -0.15) is 5.10 Å². The van der Waals surface area contributed by atoms with Gasteiger partial charge in [0.2, 0.25) is 0 Å². The Labute approximate surface area is 174 Å². The topological polar surface area (TPSA) is 78.8 Å². The number of sulfonamides is 1. The molecule has 154 valence electrons. The van der Waals surface area contributed by atoms with Crippen molar-refractivity contribution < 1.29 is 17.6 Å². The van der Waals surface area contributed by atoms with Crippen LogP contribution in [0.15, 0.2) is 88.9 Å². The molecule has 0 radical (unpaired) electrons. The highest BCUT2D eigenvalue weighted by molar-refractivity contribution is 7.92. The Kier molecular flexibility index (Phi) is 6.58. The molecule has 0 saturated carbocycles. The first-order chi connectivity index (χ1) is 14.4. The zero-order chi connectivity index (χ0) is 21.6. The molecule has 0 saturated heterocycles. The maximum atomic E-state index is 13.2. The van der Waals surface area contributed by atoms with Crippen LogP contribution in [0.2, 0.25) is 0 Å². The van der Waals surface area contributed by atoms with Gasteiger partial charge in [-0.05, 0) is 48.9 Å².